The van der Waals surface area contributed by atoms with Crippen molar-refractivity contribution in [3.8, 4) is 5.75 Å². The van der Waals surface area contributed by atoms with E-state index >= 15 is 0 Å². The van der Waals surface area contributed by atoms with Crippen molar-refractivity contribution in [2.75, 3.05) is 23.9 Å². The van der Waals surface area contributed by atoms with E-state index in [-0.39, 0.29) is 12.3 Å². The van der Waals surface area contributed by atoms with Crippen molar-refractivity contribution in [1.29, 1.82) is 0 Å². The summed E-state index contributed by atoms with van der Waals surface area (Å²) in [4.78, 5) is 14.2. The maximum Gasteiger partial charge on any atom is 0.227 e. The molecule has 1 amide bonds. The van der Waals surface area contributed by atoms with Crippen LogP contribution in [0.25, 0.3) is 0 Å². The summed E-state index contributed by atoms with van der Waals surface area (Å²) in [6.07, 6.45) is 0.275. The fourth-order valence-corrected chi connectivity index (χ4v) is 2.32. The van der Waals surface area contributed by atoms with Crippen LogP contribution in [0.1, 0.15) is 20.3 Å². The number of anilines is 2. The highest BCUT2D eigenvalue weighted by Gasteiger charge is 2.07. The molecule has 0 saturated carbocycles. The van der Waals surface area contributed by atoms with Crippen LogP contribution in [0, 0.1) is 0 Å². The van der Waals surface area contributed by atoms with Crippen LogP contribution in [-0.2, 0) is 4.79 Å². The van der Waals surface area contributed by atoms with Crippen LogP contribution in [0.4, 0.5) is 11.4 Å². The standard InChI is InChI=1S/C19H23ClN2O2/c1-14(2)22(3)17-8-5-7-16(13-17)21-19(23)10-11-24-18-9-4-6-15(20)12-18/h4-9,12-14H,10-11H2,1-3H3,(H,21,23). The number of carbonyl (C=O) groups excluding carboxylic acids is 1. The summed E-state index contributed by atoms with van der Waals surface area (Å²) in [6.45, 7) is 4.55. The topological polar surface area (TPSA) is 41.6 Å². The van der Waals surface area contributed by atoms with Gasteiger partial charge in [0, 0.05) is 29.5 Å². The van der Waals surface area contributed by atoms with Crippen molar-refractivity contribution in [3.05, 3.63) is 53.6 Å². The molecule has 2 aromatic rings. The number of hydrogen-bond acceptors (Lipinski definition) is 3. The molecule has 0 aliphatic heterocycles. The van der Waals surface area contributed by atoms with E-state index in [1.54, 1.807) is 12.1 Å². The van der Waals surface area contributed by atoms with Gasteiger partial charge in [-0.05, 0) is 50.2 Å². The maximum absolute atomic E-state index is 12.1. The third-order valence-electron chi connectivity index (χ3n) is 3.71. The molecule has 0 spiro atoms. The Labute approximate surface area is 148 Å². The highest BCUT2D eigenvalue weighted by Crippen LogP contribution is 2.20. The first kappa shape index (κ1) is 18.1. The van der Waals surface area contributed by atoms with E-state index in [2.05, 4.69) is 24.1 Å². The van der Waals surface area contributed by atoms with Crippen molar-refractivity contribution in [2.45, 2.75) is 26.3 Å². The summed E-state index contributed by atoms with van der Waals surface area (Å²) >= 11 is 5.89. The molecule has 0 heterocycles. The lowest BCUT2D eigenvalue weighted by Gasteiger charge is -2.24. The van der Waals surface area contributed by atoms with Gasteiger partial charge in [-0.15, -0.1) is 0 Å². The third-order valence-corrected chi connectivity index (χ3v) is 3.94. The Kier molecular flexibility index (Phi) is 6.50. The Hall–Kier alpha value is -2.20. The van der Waals surface area contributed by atoms with Crippen molar-refractivity contribution in [1.82, 2.24) is 0 Å². The highest BCUT2D eigenvalue weighted by atomic mass is 35.5. The summed E-state index contributed by atoms with van der Waals surface area (Å²) in [5, 5.41) is 3.52. The Bertz CT molecular complexity index is 689. The highest BCUT2D eigenvalue weighted by molar-refractivity contribution is 6.30. The van der Waals surface area contributed by atoms with Crippen LogP contribution in [0.3, 0.4) is 0 Å². The minimum absolute atomic E-state index is 0.0821. The van der Waals surface area contributed by atoms with Gasteiger partial charge in [0.15, 0.2) is 0 Å². The molecule has 0 aromatic heterocycles. The van der Waals surface area contributed by atoms with E-state index in [1.807, 2.05) is 43.4 Å². The minimum atomic E-state index is -0.0821. The molecule has 0 aliphatic rings. The Balaban J connectivity index is 1.85. The average molecular weight is 347 g/mol. The number of amides is 1. The van der Waals surface area contributed by atoms with E-state index in [0.717, 1.165) is 11.4 Å². The molecule has 128 valence electrons. The normalized spacial score (nSPS) is 10.5. The second-order valence-corrected chi connectivity index (χ2v) is 6.30. The zero-order valence-corrected chi connectivity index (χ0v) is 15.0. The summed E-state index contributed by atoms with van der Waals surface area (Å²) in [6, 6.07) is 15.3. The predicted molar refractivity (Wildman–Crippen MR) is 100 cm³/mol. The van der Waals surface area contributed by atoms with Gasteiger partial charge >= 0.3 is 0 Å². The van der Waals surface area contributed by atoms with Crippen LogP contribution >= 0.6 is 11.6 Å². The summed E-state index contributed by atoms with van der Waals surface area (Å²) in [5.41, 5.74) is 1.85. The summed E-state index contributed by atoms with van der Waals surface area (Å²) in [5.74, 6) is 0.581. The van der Waals surface area contributed by atoms with Crippen LogP contribution in [-0.4, -0.2) is 25.6 Å². The molecular weight excluding hydrogens is 324 g/mol. The molecule has 0 radical (unpaired) electrons. The number of carbonyl (C=O) groups is 1. The SMILES string of the molecule is CC(C)N(C)c1cccc(NC(=O)CCOc2cccc(Cl)c2)c1. The first-order valence-electron chi connectivity index (χ1n) is 7.97. The molecule has 0 aliphatic carbocycles. The van der Waals surface area contributed by atoms with E-state index in [4.69, 9.17) is 16.3 Å². The van der Waals surface area contributed by atoms with Crippen molar-refractivity contribution in [3.63, 3.8) is 0 Å². The van der Waals surface area contributed by atoms with Crippen molar-refractivity contribution < 1.29 is 9.53 Å². The number of benzene rings is 2. The van der Waals surface area contributed by atoms with Gasteiger partial charge in [0.05, 0.1) is 13.0 Å². The lowest BCUT2D eigenvalue weighted by molar-refractivity contribution is -0.116. The van der Waals surface area contributed by atoms with Crippen LogP contribution in [0.2, 0.25) is 5.02 Å². The van der Waals surface area contributed by atoms with Gasteiger partial charge < -0.3 is 15.0 Å². The Morgan fingerprint density at radius 3 is 2.67 bits per heavy atom. The van der Waals surface area contributed by atoms with Gasteiger partial charge in [0.1, 0.15) is 5.75 Å². The smallest absolute Gasteiger partial charge is 0.227 e. The van der Waals surface area contributed by atoms with E-state index in [9.17, 15) is 4.79 Å². The van der Waals surface area contributed by atoms with Crippen LogP contribution in [0.5, 0.6) is 5.75 Å². The zero-order chi connectivity index (χ0) is 17.5. The monoisotopic (exact) mass is 346 g/mol. The minimum Gasteiger partial charge on any atom is -0.493 e. The molecular formula is C19H23ClN2O2. The third kappa shape index (κ3) is 5.46. The number of hydrogen-bond donors (Lipinski definition) is 1. The molecule has 5 heteroatoms. The largest absolute Gasteiger partial charge is 0.493 e. The van der Waals surface area contributed by atoms with E-state index < -0.39 is 0 Å². The van der Waals surface area contributed by atoms with Crippen LogP contribution in [0.15, 0.2) is 48.5 Å². The first-order chi connectivity index (χ1) is 11.5. The Morgan fingerprint density at radius 1 is 1.21 bits per heavy atom. The molecule has 4 nitrogen and oxygen atoms in total. The van der Waals surface area contributed by atoms with Gasteiger partial charge in [-0.25, -0.2) is 0 Å². The molecule has 0 fully saturated rings. The maximum atomic E-state index is 12.1. The Morgan fingerprint density at radius 2 is 1.96 bits per heavy atom. The second-order valence-electron chi connectivity index (χ2n) is 5.86. The first-order valence-corrected chi connectivity index (χ1v) is 8.34. The van der Waals surface area contributed by atoms with Gasteiger partial charge in [-0.2, -0.15) is 0 Å². The van der Waals surface area contributed by atoms with Gasteiger partial charge in [-0.3, -0.25) is 4.79 Å². The number of halogens is 1. The lowest BCUT2D eigenvalue weighted by Crippen LogP contribution is -2.25. The summed E-state index contributed by atoms with van der Waals surface area (Å²) in [7, 11) is 2.03. The van der Waals surface area contributed by atoms with Gasteiger partial charge in [-0.1, -0.05) is 23.7 Å². The fraction of sp³-hybridized carbons (Fsp3) is 0.316. The lowest BCUT2D eigenvalue weighted by atomic mass is 10.2. The number of nitrogens with zero attached hydrogens (tertiary/aromatic N) is 1. The van der Waals surface area contributed by atoms with Crippen LogP contribution < -0.4 is 15.0 Å². The second kappa shape index (κ2) is 8.60. The molecule has 24 heavy (non-hydrogen) atoms. The molecule has 0 unspecified atom stereocenters. The number of nitrogens with one attached hydrogen (secondary N) is 1. The van der Waals surface area contributed by atoms with Crippen molar-refractivity contribution >= 4 is 28.9 Å². The number of rotatable bonds is 7. The predicted octanol–water partition coefficient (Wildman–Crippen LogP) is 4.59. The molecule has 0 atom stereocenters. The van der Waals surface area contributed by atoms with Crippen molar-refractivity contribution in [2.24, 2.45) is 0 Å². The molecule has 1 N–H and O–H groups in total. The van der Waals surface area contributed by atoms with Gasteiger partial charge in [0.2, 0.25) is 5.91 Å². The molecule has 0 bridgehead atoms. The summed E-state index contributed by atoms with van der Waals surface area (Å²) < 4.78 is 5.54. The number of ether oxygens (including phenoxy) is 1. The molecule has 2 rings (SSSR count). The zero-order valence-electron chi connectivity index (χ0n) is 14.3. The van der Waals surface area contributed by atoms with E-state index in [1.165, 1.54) is 0 Å². The molecule has 0 saturated heterocycles. The molecule has 2 aromatic carbocycles. The van der Waals surface area contributed by atoms with Gasteiger partial charge in [0.25, 0.3) is 0 Å². The fourth-order valence-electron chi connectivity index (χ4n) is 2.14. The van der Waals surface area contributed by atoms with E-state index in [0.29, 0.717) is 23.4 Å². The quantitative estimate of drug-likeness (QED) is 0.797. The average Bonchev–Trinajstić information content (AvgIpc) is 2.54.